The fraction of sp³-hybridized carbons (Fsp3) is 1.00. The Balaban J connectivity index is 3.35. The Kier molecular flexibility index (Phi) is 16.7. The summed E-state index contributed by atoms with van der Waals surface area (Å²) in [4.78, 5) is 9.40. The average Bonchev–Trinajstić information content (AvgIpc) is 2.52. The molecule has 0 amide bonds. The quantitative estimate of drug-likeness (QED) is 0.155. The molecule has 9 nitrogen and oxygen atoms in total. The van der Waals surface area contributed by atoms with Crippen LogP contribution in [-0.2, 0) is 23.1 Å². The number of hydrogen-bond acceptors (Lipinski definition) is 8. The van der Waals surface area contributed by atoms with Gasteiger partial charge in [0.05, 0.1) is 39.6 Å². The van der Waals surface area contributed by atoms with Crippen molar-refractivity contribution in [2.24, 2.45) is 0 Å². The van der Waals surface area contributed by atoms with Gasteiger partial charge >= 0.3 is 7.82 Å². The van der Waals surface area contributed by atoms with Crippen LogP contribution < -0.4 is 5.32 Å². The molecule has 0 aliphatic rings. The van der Waals surface area contributed by atoms with Crippen molar-refractivity contribution in [1.29, 1.82) is 0 Å². The number of ether oxygens (including phenoxy) is 2. The minimum atomic E-state index is -4.06. The van der Waals surface area contributed by atoms with Crippen molar-refractivity contribution >= 4 is 7.82 Å². The molecule has 0 radical (unpaired) electrons. The smallest absolute Gasteiger partial charge is 0.396 e. The van der Waals surface area contributed by atoms with Gasteiger partial charge in [0.25, 0.3) is 0 Å². The lowest BCUT2D eigenvalue weighted by atomic mass is 10.2. The molecule has 0 aromatic carbocycles. The number of hydrogen-bond donors (Lipinski definition) is 4. The summed E-state index contributed by atoms with van der Waals surface area (Å²) in [5.41, 5.74) is 0. The molecule has 10 heteroatoms. The molecule has 0 aromatic rings. The lowest BCUT2D eigenvalue weighted by Crippen LogP contribution is -2.19. The second kappa shape index (κ2) is 16.8. The number of phosphoric acid groups is 1. The summed E-state index contributed by atoms with van der Waals surface area (Å²) in [6.07, 6.45) is 3.66. The summed E-state index contributed by atoms with van der Waals surface area (Å²) in [6.45, 7) is 1.78. The number of phosphoric ester groups is 1. The van der Waals surface area contributed by atoms with Gasteiger partial charge in [0.1, 0.15) is 6.73 Å². The minimum absolute atomic E-state index is 0.0369. The van der Waals surface area contributed by atoms with Gasteiger partial charge in [0, 0.05) is 6.61 Å². The van der Waals surface area contributed by atoms with E-state index in [1.165, 1.54) is 0 Å². The van der Waals surface area contributed by atoms with Crippen LogP contribution in [0.4, 0.5) is 0 Å². The van der Waals surface area contributed by atoms with Gasteiger partial charge in [-0.05, 0) is 19.4 Å². The second-order valence-corrected chi connectivity index (χ2v) is 6.11. The van der Waals surface area contributed by atoms with Crippen molar-refractivity contribution in [3.8, 4) is 0 Å². The largest absolute Gasteiger partial charge is 0.473 e. The van der Waals surface area contributed by atoms with Crippen molar-refractivity contribution in [3.63, 3.8) is 0 Å². The van der Waals surface area contributed by atoms with Crippen molar-refractivity contribution in [2.75, 3.05) is 59.5 Å². The third kappa shape index (κ3) is 18.1. The molecule has 1 atom stereocenters. The van der Waals surface area contributed by atoms with Crippen LogP contribution in [0.25, 0.3) is 0 Å². The standard InChI is InChI=1S/C13H30NO8P/c15-6-4-2-1-3-5-14-13-22-23(17,18)21-12-11-20-10-9-19-8-7-16/h14-16H,1-13H2,(H,17,18). The van der Waals surface area contributed by atoms with Gasteiger partial charge in [-0.15, -0.1) is 0 Å². The highest BCUT2D eigenvalue weighted by atomic mass is 31.2. The van der Waals surface area contributed by atoms with Gasteiger partial charge in [-0.1, -0.05) is 12.8 Å². The zero-order chi connectivity index (χ0) is 17.2. The molecule has 0 saturated heterocycles. The molecular formula is C13H30NO8P. The minimum Gasteiger partial charge on any atom is -0.396 e. The summed E-state index contributed by atoms with van der Waals surface area (Å²) in [6, 6.07) is 0. The van der Waals surface area contributed by atoms with Crippen molar-refractivity contribution in [1.82, 2.24) is 5.32 Å². The maximum Gasteiger partial charge on any atom is 0.473 e. The molecular weight excluding hydrogens is 329 g/mol. The molecule has 0 saturated carbocycles. The molecule has 0 aliphatic carbocycles. The highest BCUT2D eigenvalue weighted by molar-refractivity contribution is 7.47. The van der Waals surface area contributed by atoms with Gasteiger partial charge < -0.3 is 24.6 Å². The topological polar surface area (TPSA) is 127 Å². The van der Waals surface area contributed by atoms with Gasteiger partial charge in [-0.3, -0.25) is 14.4 Å². The monoisotopic (exact) mass is 359 g/mol. The first-order valence-electron chi connectivity index (χ1n) is 7.82. The van der Waals surface area contributed by atoms with Crippen LogP contribution in [0.3, 0.4) is 0 Å². The Morgan fingerprint density at radius 2 is 1.43 bits per heavy atom. The van der Waals surface area contributed by atoms with Gasteiger partial charge in [0.15, 0.2) is 0 Å². The van der Waals surface area contributed by atoms with Gasteiger partial charge in [0.2, 0.25) is 0 Å². The maximum atomic E-state index is 11.5. The van der Waals surface area contributed by atoms with Crippen LogP contribution >= 0.6 is 7.82 Å². The predicted molar refractivity (Wildman–Crippen MR) is 84.0 cm³/mol. The van der Waals surface area contributed by atoms with E-state index in [1.54, 1.807) is 0 Å². The number of aliphatic hydroxyl groups is 2. The first-order chi connectivity index (χ1) is 11.1. The first-order valence-corrected chi connectivity index (χ1v) is 9.31. The number of aliphatic hydroxyl groups excluding tert-OH is 2. The Morgan fingerprint density at radius 3 is 2.13 bits per heavy atom. The fourth-order valence-corrected chi connectivity index (χ4v) is 2.18. The van der Waals surface area contributed by atoms with Crippen LogP contribution in [0, 0.1) is 0 Å². The van der Waals surface area contributed by atoms with Crippen LogP contribution in [0.1, 0.15) is 25.7 Å². The van der Waals surface area contributed by atoms with Gasteiger partial charge in [-0.2, -0.15) is 0 Å². The summed E-state index contributed by atoms with van der Waals surface area (Å²) in [5.74, 6) is 0. The third-order valence-corrected chi connectivity index (χ3v) is 3.65. The van der Waals surface area contributed by atoms with Crippen molar-refractivity contribution in [3.05, 3.63) is 0 Å². The average molecular weight is 359 g/mol. The molecule has 4 N–H and O–H groups in total. The molecule has 0 aliphatic heterocycles. The normalized spacial score (nSPS) is 14.0. The number of nitrogens with one attached hydrogen (secondary N) is 1. The van der Waals surface area contributed by atoms with Crippen LogP contribution in [0.5, 0.6) is 0 Å². The highest BCUT2D eigenvalue weighted by Crippen LogP contribution is 2.42. The van der Waals surface area contributed by atoms with E-state index in [0.29, 0.717) is 19.8 Å². The first kappa shape index (κ1) is 22.9. The lowest BCUT2D eigenvalue weighted by Gasteiger charge is -2.13. The molecule has 0 fully saturated rings. The van der Waals surface area contributed by atoms with Crippen molar-refractivity contribution < 1.29 is 38.2 Å². The molecule has 1 unspecified atom stereocenters. The zero-order valence-electron chi connectivity index (χ0n) is 13.5. The van der Waals surface area contributed by atoms with Gasteiger partial charge in [-0.25, -0.2) is 4.57 Å². The SMILES string of the molecule is O=P(O)(OCCOCCOCCO)OCNCCCCCCO. The summed E-state index contributed by atoms with van der Waals surface area (Å²) in [5, 5.41) is 20.0. The molecule has 0 heterocycles. The maximum absolute atomic E-state index is 11.5. The van der Waals surface area contributed by atoms with E-state index < -0.39 is 7.82 Å². The van der Waals surface area contributed by atoms with E-state index in [0.717, 1.165) is 25.7 Å². The predicted octanol–water partition coefficient (Wildman–Crippen LogP) is 0.245. The molecule has 0 spiro atoms. The molecule has 140 valence electrons. The Bertz CT molecular complexity index is 271. The van der Waals surface area contributed by atoms with Crippen LogP contribution in [0.2, 0.25) is 0 Å². The third-order valence-electron chi connectivity index (χ3n) is 2.68. The Hall–Kier alpha value is -0.0900. The van der Waals surface area contributed by atoms with E-state index in [-0.39, 0.29) is 39.8 Å². The van der Waals surface area contributed by atoms with Crippen molar-refractivity contribution in [2.45, 2.75) is 25.7 Å². The summed E-state index contributed by atoms with van der Waals surface area (Å²) in [7, 11) is -4.06. The summed E-state index contributed by atoms with van der Waals surface area (Å²) < 4.78 is 31.1. The number of unbranched alkanes of at least 4 members (excludes halogenated alkanes) is 3. The summed E-state index contributed by atoms with van der Waals surface area (Å²) >= 11 is 0. The zero-order valence-corrected chi connectivity index (χ0v) is 14.4. The van der Waals surface area contributed by atoms with E-state index in [1.807, 2.05) is 0 Å². The van der Waals surface area contributed by atoms with E-state index in [4.69, 9.17) is 28.7 Å². The number of rotatable bonds is 18. The molecule has 0 bridgehead atoms. The fourth-order valence-electron chi connectivity index (χ4n) is 1.55. The van der Waals surface area contributed by atoms with E-state index in [9.17, 15) is 9.46 Å². The molecule has 0 aromatic heterocycles. The molecule has 23 heavy (non-hydrogen) atoms. The lowest BCUT2D eigenvalue weighted by molar-refractivity contribution is 0.0198. The highest BCUT2D eigenvalue weighted by Gasteiger charge is 2.20. The van der Waals surface area contributed by atoms with E-state index >= 15 is 0 Å². The Labute approximate surface area is 137 Å². The Morgan fingerprint density at radius 1 is 0.783 bits per heavy atom. The van der Waals surface area contributed by atoms with E-state index in [2.05, 4.69) is 5.32 Å². The van der Waals surface area contributed by atoms with Crippen LogP contribution in [0.15, 0.2) is 0 Å². The van der Waals surface area contributed by atoms with Crippen LogP contribution in [-0.4, -0.2) is 74.6 Å². The molecule has 0 rings (SSSR count). The second-order valence-electron chi connectivity index (χ2n) is 4.66.